The van der Waals surface area contributed by atoms with Crippen LogP contribution in [0.1, 0.15) is 13.8 Å². The Kier molecular flexibility index (Phi) is 12.2. The standard InChI is InChI=1S/C13H22N4O2.2ClH/c1-4-17(5-2)12-7-6-10(9-15-12)16-13(18)11(8-14)19-3;;/h6-7,9,11H,4-5,8,14H2,1-3H3,(H,16,18);2*1H. The first-order valence-electron chi connectivity index (χ1n) is 6.40. The Labute approximate surface area is 138 Å². The Morgan fingerprint density at radius 1 is 1.38 bits per heavy atom. The number of amides is 1. The molecule has 1 aromatic heterocycles. The van der Waals surface area contributed by atoms with E-state index in [-0.39, 0.29) is 37.3 Å². The summed E-state index contributed by atoms with van der Waals surface area (Å²) in [6.45, 7) is 6.09. The molecule has 0 fully saturated rings. The van der Waals surface area contributed by atoms with Gasteiger partial charge >= 0.3 is 0 Å². The zero-order chi connectivity index (χ0) is 14.3. The van der Waals surface area contributed by atoms with E-state index < -0.39 is 6.10 Å². The summed E-state index contributed by atoms with van der Waals surface area (Å²) in [5, 5.41) is 2.72. The van der Waals surface area contributed by atoms with Crippen molar-refractivity contribution in [3.05, 3.63) is 18.3 Å². The van der Waals surface area contributed by atoms with E-state index in [0.717, 1.165) is 18.9 Å². The summed E-state index contributed by atoms with van der Waals surface area (Å²) >= 11 is 0. The van der Waals surface area contributed by atoms with Gasteiger partial charge in [-0.2, -0.15) is 0 Å². The molecule has 1 atom stereocenters. The monoisotopic (exact) mass is 338 g/mol. The first-order chi connectivity index (χ1) is 9.15. The first kappa shape index (κ1) is 22.2. The summed E-state index contributed by atoms with van der Waals surface area (Å²) < 4.78 is 4.96. The van der Waals surface area contributed by atoms with E-state index in [9.17, 15) is 4.79 Å². The lowest BCUT2D eigenvalue weighted by Crippen LogP contribution is -2.35. The molecule has 122 valence electrons. The number of pyridine rings is 1. The average Bonchev–Trinajstić information content (AvgIpc) is 2.43. The number of nitrogens with two attached hydrogens (primary N) is 1. The van der Waals surface area contributed by atoms with Crippen LogP contribution >= 0.6 is 24.8 Å². The molecule has 1 amide bonds. The number of hydrogen-bond acceptors (Lipinski definition) is 5. The van der Waals surface area contributed by atoms with Gasteiger partial charge in [-0.15, -0.1) is 24.8 Å². The summed E-state index contributed by atoms with van der Waals surface area (Å²) in [4.78, 5) is 18.2. The van der Waals surface area contributed by atoms with Crippen molar-refractivity contribution in [2.24, 2.45) is 5.73 Å². The number of nitrogens with one attached hydrogen (secondary N) is 1. The Morgan fingerprint density at radius 3 is 2.38 bits per heavy atom. The highest BCUT2D eigenvalue weighted by atomic mass is 35.5. The number of rotatable bonds is 7. The molecule has 1 unspecified atom stereocenters. The third-order valence-corrected chi connectivity index (χ3v) is 2.89. The maximum atomic E-state index is 11.8. The third-order valence-electron chi connectivity index (χ3n) is 2.89. The first-order valence-corrected chi connectivity index (χ1v) is 6.40. The molecular formula is C13H24Cl2N4O2. The number of ether oxygens (including phenoxy) is 1. The van der Waals surface area contributed by atoms with Crippen LogP contribution in [0.3, 0.4) is 0 Å². The van der Waals surface area contributed by atoms with Crippen LogP contribution in [-0.2, 0) is 9.53 Å². The maximum absolute atomic E-state index is 11.8. The van der Waals surface area contributed by atoms with Crippen LogP contribution in [0.25, 0.3) is 0 Å². The van der Waals surface area contributed by atoms with Gasteiger partial charge in [-0.1, -0.05) is 0 Å². The van der Waals surface area contributed by atoms with Crippen LogP contribution in [0, 0.1) is 0 Å². The molecule has 0 spiro atoms. The van der Waals surface area contributed by atoms with Gasteiger partial charge in [0.1, 0.15) is 11.9 Å². The molecule has 0 radical (unpaired) electrons. The van der Waals surface area contributed by atoms with E-state index in [4.69, 9.17) is 10.5 Å². The van der Waals surface area contributed by atoms with E-state index in [1.165, 1.54) is 7.11 Å². The molecule has 0 saturated heterocycles. The van der Waals surface area contributed by atoms with Crippen LogP contribution in [-0.4, -0.2) is 43.7 Å². The highest BCUT2D eigenvalue weighted by Crippen LogP contribution is 2.14. The van der Waals surface area contributed by atoms with Crippen molar-refractivity contribution in [2.45, 2.75) is 20.0 Å². The predicted octanol–water partition coefficient (Wildman–Crippen LogP) is 1.68. The van der Waals surface area contributed by atoms with Crippen molar-refractivity contribution in [1.29, 1.82) is 0 Å². The van der Waals surface area contributed by atoms with Crippen LogP contribution in [0.5, 0.6) is 0 Å². The molecule has 0 saturated carbocycles. The van der Waals surface area contributed by atoms with Gasteiger partial charge in [0.2, 0.25) is 0 Å². The van der Waals surface area contributed by atoms with E-state index >= 15 is 0 Å². The highest BCUT2D eigenvalue weighted by Gasteiger charge is 2.15. The molecule has 1 aromatic rings. The fourth-order valence-corrected chi connectivity index (χ4v) is 1.73. The largest absolute Gasteiger partial charge is 0.370 e. The van der Waals surface area contributed by atoms with Crippen molar-refractivity contribution < 1.29 is 9.53 Å². The topological polar surface area (TPSA) is 80.5 Å². The average molecular weight is 339 g/mol. The number of nitrogens with zero attached hydrogens (tertiary/aromatic N) is 2. The second-order valence-corrected chi connectivity index (χ2v) is 4.03. The van der Waals surface area contributed by atoms with E-state index in [1.54, 1.807) is 6.20 Å². The smallest absolute Gasteiger partial charge is 0.254 e. The zero-order valence-electron chi connectivity index (χ0n) is 12.5. The van der Waals surface area contributed by atoms with Gasteiger partial charge in [-0.05, 0) is 26.0 Å². The van der Waals surface area contributed by atoms with Crippen LogP contribution in [0.4, 0.5) is 11.5 Å². The summed E-state index contributed by atoms with van der Waals surface area (Å²) in [5.74, 6) is 0.632. The molecule has 0 aliphatic heterocycles. The maximum Gasteiger partial charge on any atom is 0.254 e. The lowest BCUT2D eigenvalue weighted by atomic mass is 10.3. The molecule has 8 heteroatoms. The number of carbonyl (C=O) groups excluding carboxylic acids is 1. The molecule has 3 N–H and O–H groups in total. The van der Waals surface area contributed by atoms with Gasteiger partial charge in [0.05, 0.1) is 11.9 Å². The lowest BCUT2D eigenvalue weighted by Gasteiger charge is -2.20. The lowest BCUT2D eigenvalue weighted by molar-refractivity contribution is -0.125. The van der Waals surface area contributed by atoms with Gasteiger partial charge in [-0.3, -0.25) is 4.79 Å². The minimum atomic E-state index is -0.637. The zero-order valence-corrected chi connectivity index (χ0v) is 14.2. The molecular weight excluding hydrogens is 315 g/mol. The van der Waals surface area contributed by atoms with Crippen molar-refractivity contribution in [1.82, 2.24) is 4.98 Å². The van der Waals surface area contributed by atoms with Crippen LogP contribution in [0.2, 0.25) is 0 Å². The predicted molar refractivity (Wildman–Crippen MR) is 90.8 cm³/mol. The number of anilines is 2. The van der Waals surface area contributed by atoms with Crippen LogP contribution < -0.4 is 16.0 Å². The summed E-state index contributed by atoms with van der Waals surface area (Å²) in [5.41, 5.74) is 6.07. The Hall–Kier alpha value is -1.08. The Bertz CT molecular complexity index is 396. The number of hydrogen-bond donors (Lipinski definition) is 2. The van der Waals surface area contributed by atoms with Crippen molar-refractivity contribution in [3.8, 4) is 0 Å². The number of carbonyl (C=O) groups is 1. The third kappa shape index (κ3) is 6.48. The molecule has 21 heavy (non-hydrogen) atoms. The second-order valence-electron chi connectivity index (χ2n) is 4.03. The molecule has 0 aliphatic carbocycles. The molecule has 0 aliphatic rings. The summed E-state index contributed by atoms with van der Waals surface area (Å²) in [6.07, 6.45) is 0.997. The van der Waals surface area contributed by atoms with Gasteiger partial charge in [0.15, 0.2) is 0 Å². The fraction of sp³-hybridized carbons (Fsp3) is 0.538. The fourth-order valence-electron chi connectivity index (χ4n) is 1.73. The summed E-state index contributed by atoms with van der Waals surface area (Å²) in [6, 6.07) is 3.70. The number of halogens is 2. The van der Waals surface area contributed by atoms with Gasteiger partial charge in [0.25, 0.3) is 5.91 Å². The SMILES string of the molecule is CCN(CC)c1ccc(NC(=O)C(CN)OC)cn1.Cl.Cl. The van der Waals surface area contributed by atoms with Gasteiger partial charge in [-0.25, -0.2) is 4.98 Å². The number of methoxy groups -OCH3 is 1. The molecule has 6 nitrogen and oxygen atoms in total. The van der Waals surface area contributed by atoms with E-state index in [0.29, 0.717) is 5.69 Å². The van der Waals surface area contributed by atoms with Gasteiger partial charge < -0.3 is 20.7 Å². The van der Waals surface area contributed by atoms with E-state index in [2.05, 4.69) is 29.0 Å². The number of aromatic nitrogens is 1. The Balaban J connectivity index is 0. The minimum absolute atomic E-state index is 0. The summed E-state index contributed by atoms with van der Waals surface area (Å²) in [7, 11) is 1.46. The second kappa shape index (κ2) is 11.6. The van der Waals surface area contributed by atoms with Crippen molar-refractivity contribution >= 4 is 42.2 Å². The molecule has 1 rings (SSSR count). The van der Waals surface area contributed by atoms with Crippen molar-refractivity contribution in [2.75, 3.05) is 37.0 Å². The highest BCUT2D eigenvalue weighted by molar-refractivity contribution is 5.94. The quantitative estimate of drug-likeness (QED) is 0.790. The van der Waals surface area contributed by atoms with Gasteiger partial charge in [0, 0.05) is 26.7 Å². The molecule has 0 aromatic carbocycles. The normalized spacial score (nSPS) is 10.9. The molecule has 1 heterocycles. The van der Waals surface area contributed by atoms with E-state index in [1.807, 2.05) is 12.1 Å². The van der Waals surface area contributed by atoms with Crippen LogP contribution in [0.15, 0.2) is 18.3 Å². The minimum Gasteiger partial charge on any atom is -0.370 e. The van der Waals surface area contributed by atoms with Crippen molar-refractivity contribution in [3.63, 3.8) is 0 Å². The molecule has 0 bridgehead atoms. The Morgan fingerprint density at radius 2 is 2.00 bits per heavy atom.